The summed E-state index contributed by atoms with van der Waals surface area (Å²) < 4.78 is 0. The Labute approximate surface area is 130 Å². The van der Waals surface area contributed by atoms with Gasteiger partial charge in [0.2, 0.25) is 0 Å². The van der Waals surface area contributed by atoms with E-state index in [9.17, 15) is 0 Å². The molecule has 5 rings (SSSR count). The lowest BCUT2D eigenvalue weighted by molar-refractivity contribution is 0.178. The number of nitrogens with zero attached hydrogens (tertiary/aromatic N) is 3. The topological polar surface area (TPSA) is 19.4 Å². The molecule has 0 spiro atoms. The van der Waals surface area contributed by atoms with Gasteiger partial charge in [-0.15, -0.1) is 11.3 Å². The summed E-state index contributed by atoms with van der Waals surface area (Å²) in [6.45, 7) is 6.10. The number of benzene rings is 1. The summed E-state index contributed by atoms with van der Waals surface area (Å²) in [6.07, 6.45) is 4.75. The maximum Gasteiger partial charge on any atom is 0.123 e. The molecule has 0 atom stereocenters. The first-order chi connectivity index (χ1) is 10.4. The highest BCUT2D eigenvalue weighted by Gasteiger charge is 2.29. The average molecular weight is 299 g/mol. The average Bonchev–Trinajstić information content (AvgIpc) is 2.84. The van der Waals surface area contributed by atoms with Gasteiger partial charge in [-0.05, 0) is 25.9 Å². The molecule has 1 aromatic heterocycles. The van der Waals surface area contributed by atoms with Crippen LogP contribution in [0.4, 0.5) is 0 Å². The van der Waals surface area contributed by atoms with E-state index < -0.39 is 0 Å². The number of rotatable bonds is 3. The van der Waals surface area contributed by atoms with Gasteiger partial charge in [-0.2, -0.15) is 0 Å². The fourth-order valence-electron chi connectivity index (χ4n) is 3.46. The molecule has 0 radical (unpaired) electrons. The van der Waals surface area contributed by atoms with Crippen molar-refractivity contribution in [3.8, 4) is 10.6 Å². The van der Waals surface area contributed by atoms with E-state index in [0.29, 0.717) is 0 Å². The zero-order chi connectivity index (χ0) is 14.1. The van der Waals surface area contributed by atoms with Crippen LogP contribution in [0.5, 0.6) is 0 Å². The van der Waals surface area contributed by atoms with Crippen molar-refractivity contribution in [2.45, 2.75) is 25.4 Å². The minimum atomic E-state index is 0.783. The van der Waals surface area contributed by atoms with Crippen molar-refractivity contribution in [1.29, 1.82) is 0 Å². The molecule has 0 unspecified atom stereocenters. The molecule has 3 aliphatic rings. The third-order valence-electron chi connectivity index (χ3n) is 4.71. The van der Waals surface area contributed by atoms with Gasteiger partial charge < -0.3 is 4.90 Å². The van der Waals surface area contributed by atoms with E-state index in [4.69, 9.17) is 0 Å². The van der Waals surface area contributed by atoms with Crippen LogP contribution in [0.2, 0.25) is 0 Å². The fourth-order valence-corrected chi connectivity index (χ4v) is 4.41. The van der Waals surface area contributed by atoms with E-state index in [1.54, 1.807) is 0 Å². The normalized spacial score (nSPS) is 25.9. The number of fused-ring (bicyclic) bond motifs is 4. The molecule has 4 heteroatoms. The molecule has 3 aliphatic heterocycles. The number of aromatic nitrogens is 1. The molecule has 0 N–H and O–H groups in total. The zero-order valence-electron chi connectivity index (χ0n) is 12.2. The van der Waals surface area contributed by atoms with Crippen molar-refractivity contribution in [2.75, 3.05) is 26.2 Å². The van der Waals surface area contributed by atoms with Crippen LogP contribution in [-0.4, -0.2) is 47.0 Å². The van der Waals surface area contributed by atoms with Gasteiger partial charge >= 0.3 is 0 Å². The molecular weight excluding hydrogens is 278 g/mol. The first kappa shape index (κ1) is 13.4. The van der Waals surface area contributed by atoms with E-state index in [1.165, 1.54) is 49.5 Å². The highest BCUT2D eigenvalue weighted by molar-refractivity contribution is 7.15. The summed E-state index contributed by atoms with van der Waals surface area (Å²) in [5.41, 5.74) is 1.23. The summed E-state index contributed by atoms with van der Waals surface area (Å²) >= 11 is 1.85. The monoisotopic (exact) mass is 299 g/mol. The Morgan fingerprint density at radius 2 is 1.86 bits per heavy atom. The van der Waals surface area contributed by atoms with Gasteiger partial charge in [-0.25, -0.2) is 4.98 Å². The van der Waals surface area contributed by atoms with Crippen LogP contribution in [-0.2, 0) is 6.54 Å². The van der Waals surface area contributed by atoms with E-state index in [0.717, 1.165) is 17.6 Å². The SMILES string of the molecule is c1ccc(-c2ncc(CN3CCN4CCC3CC4)s2)cc1. The van der Waals surface area contributed by atoms with Crippen LogP contribution < -0.4 is 0 Å². The number of thiazole rings is 1. The van der Waals surface area contributed by atoms with Crippen molar-refractivity contribution in [2.24, 2.45) is 0 Å². The fraction of sp³-hybridized carbons (Fsp3) is 0.471. The Hall–Kier alpha value is -1.23. The largest absolute Gasteiger partial charge is 0.302 e. The van der Waals surface area contributed by atoms with Crippen molar-refractivity contribution in [3.63, 3.8) is 0 Å². The maximum atomic E-state index is 4.62. The van der Waals surface area contributed by atoms with Crippen LogP contribution in [0.15, 0.2) is 36.5 Å². The highest BCUT2D eigenvalue weighted by Crippen LogP contribution is 2.28. The van der Waals surface area contributed by atoms with Crippen molar-refractivity contribution >= 4 is 11.3 Å². The van der Waals surface area contributed by atoms with Crippen LogP contribution >= 0.6 is 11.3 Å². The standard InChI is InChI=1S/C17H21N3S/c1-2-4-14(5-3-1)17-18-12-16(21-17)13-20-11-10-19-8-6-15(20)7-9-19/h1-5,12,15H,6-11,13H2. The second-order valence-corrected chi connectivity index (χ2v) is 7.16. The van der Waals surface area contributed by atoms with E-state index in [1.807, 2.05) is 11.3 Å². The van der Waals surface area contributed by atoms with Crippen molar-refractivity contribution in [3.05, 3.63) is 41.4 Å². The summed E-state index contributed by atoms with van der Waals surface area (Å²) in [7, 11) is 0. The van der Waals surface area contributed by atoms with Gasteiger partial charge in [-0.1, -0.05) is 30.3 Å². The molecule has 3 saturated heterocycles. The van der Waals surface area contributed by atoms with Crippen LogP contribution in [0.1, 0.15) is 17.7 Å². The second kappa shape index (κ2) is 5.87. The molecule has 2 aromatic rings. The van der Waals surface area contributed by atoms with Gasteiger partial charge in [0.15, 0.2) is 0 Å². The summed E-state index contributed by atoms with van der Waals surface area (Å²) in [5, 5.41) is 1.15. The molecule has 2 bridgehead atoms. The smallest absolute Gasteiger partial charge is 0.123 e. The number of hydrogen-bond donors (Lipinski definition) is 0. The third kappa shape index (κ3) is 2.89. The van der Waals surface area contributed by atoms with Gasteiger partial charge in [0.1, 0.15) is 5.01 Å². The van der Waals surface area contributed by atoms with Gasteiger partial charge in [0.25, 0.3) is 0 Å². The van der Waals surface area contributed by atoms with Crippen molar-refractivity contribution in [1.82, 2.24) is 14.8 Å². The summed E-state index contributed by atoms with van der Waals surface area (Å²) in [6, 6.07) is 11.3. The first-order valence-electron chi connectivity index (χ1n) is 7.85. The molecule has 1 aromatic carbocycles. The van der Waals surface area contributed by atoms with E-state index >= 15 is 0 Å². The molecule has 3 fully saturated rings. The molecule has 3 nitrogen and oxygen atoms in total. The second-order valence-electron chi connectivity index (χ2n) is 6.04. The molecule has 21 heavy (non-hydrogen) atoms. The summed E-state index contributed by atoms with van der Waals surface area (Å²) in [4.78, 5) is 11.3. The lowest BCUT2D eigenvalue weighted by Crippen LogP contribution is -2.37. The molecule has 4 heterocycles. The van der Waals surface area contributed by atoms with E-state index in [2.05, 4.69) is 51.3 Å². The molecule has 0 saturated carbocycles. The Morgan fingerprint density at radius 3 is 2.67 bits per heavy atom. The Kier molecular flexibility index (Phi) is 3.76. The van der Waals surface area contributed by atoms with Crippen molar-refractivity contribution < 1.29 is 0 Å². The Bertz CT molecular complexity index is 587. The molecular formula is C17H21N3S. The molecule has 0 amide bonds. The molecule has 0 aliphatic carbocycles. The number of piperidine rings is 1. The highest BCUT2D eigenvalue weighted by atomic mass is 32.1. The van der Waals surface area contributed by atoms with Crippen LogP contribution in [0.3, 0.4) is 0 Å². The minimum absolute atomic E-state index is 0.783. The predicted molar refractivity (Wildman–Crippen MR) is 87.4 cm³/mol. The minimum Gasteiger partial charge on any atom is -0.302 e. The lowest BCUT2D eigenvalue weighted by Gasteiger charge is -2.31. The maximum absolute atomic E-state index is 4.62. The van der Waals surface area contributed by atoms with Gasteiger partial charge in [-0.3, -0.25) is 4.90 Å². The van der Waals surface area contributed by atoms with Crippen LogP contribution in [0.25, 0.3) is 10.6 Å². The zero-order valence-corrected chi connectivity index (χ0v) is 13.1. The Morgan fingerprint density at radius 1 is 1.05 bits per heavy atom. The first-order valence-corrected chi connectivity index (χ1v) is 8.67. The van der Waals surface area contributed by atoms with Gasteiger partial charge in [0.05, 0.1) is 0 Å². The number of hydrogen-bond acceptors (Lipinski definition) is 4. The molecule has 110 valence electrons. The van der Waals surface area contributed by atoms with Crippen LogP contribution in [0, 0.1) is 0 Å². The quantitative estimate of drug-likeness (QED) is 0.868. The lowest BCUT2D eigenvalue weighted by atomic mass is 10.1. The Balaban J connectivity index is 1.49. The van der Waals surface area contributed by atoms with E-state index in [-0.39, 0.29) is 0 Å². The summed E-state index contributed by atoms with van der Waals surface area (Å²) in [5.74, 6) is 0. The predicted octanol–water partition coefficient (Wildman–Crippen LogP) is 3.09. The van der Waals surface area contributed by atoms with Gasteiger partial charge in [0, 0.05) is 42.3 Å². The third-order valence-corrected chi connectivity index (χ3v) is 5.74.